The normalized spacial score (nSPS) is 11.5. The number of benzene rings is 1. The van der Waals surface area contributed by atoms with Crippen LogP contribution in [0.5, 0.6) is 5.75 Å². The van der Waals surface area contributed by atoms with Crippen molar-refractivity contribution in [1.82, 2.24) is 4.98 Å². The largest absolute Gasteiger partial charge is 0.487 e. The first kappa shape index (κ1) is 14.8. The third-order valence-corrected chi connectivity index (χ3v) is 4.27. The summed E-state index contributed by atoms with van der Waals surface area (Å²) in [4.78, 5) is 4.21. The number of hydrogen-bond donors (Lipinski definition) is 0. The minimum Gasteiger partial charge on any atom is -0.487 e. The molecule has 106 valence electrons. The third-order valence-electron chi connectivity index (χ3n) is 2.89. The Morgan fingerprint density at radius 1 is 1.40 bits per heavy atom. The Morgan fingerprint density at radius 3 is 2.80 bits per heavy atom. The molecule has 20 heavy (non-hydrogen) atoms. The Bertz CT molecular complexity index is 756. The van der Waals surface area contributed by atoms with Crippen LogP contribution in [0.15, 0.2) is 47.5 Å². The van der Waals surface area contributed by atoms with Crippen molar-refractivity contribution in [3.05, 3.63) is 42.6 Å². The number of rotatable bonds is 5. The third kappa shape index (κ3) is 3.11. The molecule has 2 aromatic rings. The molecule has 0 atom stereocenters. The molecule has 0 radical (unpaired) electrons. The summed E-state index contributed by atoms with van der Waals surface area (Å²) in [6.07, 6.45) is 2.40. The summed E-state index contributed by atoms with van der Waals surface area (Å²) in [5.41, 5.74) is 1.42. The lowest BCUT2D eigenvalue weighted by Gasteiger charge is -2.11. The summed E-state index contributed by atoms with van der Waals surface area (Å²) >= 11 is 0. The van der Waals surface area contributed by atoms with Crippen LogP contribution in [0.1, 0.15) is 13.3 Å². The van der Waals surface area contributed by atoms with Gasteiger partial charge in [-0.2, -0.15) is 0 Å². The van der Waals surface area contributed by atoms with Crippen molar-refractivity contribution in [2.75, 3.05) is 6.61 Å². The predicted octanol–water partition coefficient (Wildman–Crippen LogP) is 3.51. The standard InChI is InChI=1S/C14H14ClNO3S/c1-3-10(2)9-19-12-6-7-13(20(15,17)18)11-5-4-8-16-14(11)12/h4-8H,2-3,9H2,1H3. The molecule has 0 fully saturated rings. The molecular formula is C14H14ClNO3S. The van der Waals surface area contributed by atoms with E-state index in [9.17, 15) is 8.42 Å². The van der Waals surface area contributed by atoms with Gasteiger partial charge in [-0.3, -0.25) is 4.98 Å². The van der Waals surface area contributed by atoms with E-state index in [2.05, 4.69) is 11.6 Å². The molecule has 0 saturated heterocycles. The molecule has 0 aliphatic carbocycles. The first-order chi connectivity index (χ1) is 9.43. The SMILES string of the molecule is C=C(CC)COc1ccc(S(=O)(=O)Cl)c2cccnc12. The van der Waals surface area contributed by atoms with E-state index in [1.54, 1.807) is 24.4 Å². The number of hydrogen-bond acceptors (Lipinski definition) is 4. The molecule has 1 aromatic heterocycles. The fourth-order valence-electron chi connectivity index (χ4n) is 1.73. The monoisotopic (exact) mass is 311 g/mol. The highest BCUT2D eigenvalue weighted by Gasteiger charge is 2.17. The lowest BCUT2D eigenvalue weighted by Crippen LogP contribution is -2.02. The fourth-order valence-corrected chi connectivity index (χ4v) is 2.79. The van der Waals surface area contributed by atoms with E-state index < -0.39 is 9.05 Å². The molecule has 0 bridgehead atoms. The number of nitrogens with zero attached hydrogens (tertiary/aromatic N) is 1. The summed E-state index contributed by atoms with van der Waals surface area (Å²) in [6.45, 7) is 6.22. The Morgan fingerprint density at radius 2 is 2.15 bits per heavy atom. The average molecular weight is 312 g/mol. The average Bonchev–Trinajstić information content (AvgIpc) is 2.43. The van der Waals surface area contributed by atoms with E-state index in [-0.39, 0.29) is 4.90 Å². The Labute approximate surface area is 122 Å². The number of fused-ring (bicyclic) bond motifs is 1. The summed E-state index contributed by atoms with van der Waals surface area (Å²) < 4.78 is 28.7. The van der Waals surface area contributed by atoms with Gasteiger partial charge >= 0.3 is 0 Å². The highest BCUT2D eigenvalue weighted by Crippen LogP contribution is 2.31. The van der Waals surface area contributed by atoms with Gasteiger partial charge in [0.15, 0.2) is 0 Å². The Kier molecular flexibility index (Phi) is 4.30. The van der Waals surface area contributed by atoms with Crippen molar-refractivity contribution < 1.29 is 13.2 Å². The van der Waals surface area contributed by atoms with Crippen LogP contribution in [0, 0.1) is 0 Å². The smallest absolute Gasteiger partial charge is 0.261 e. The number of pyridine rings is 1. The molecule has 0 amide bonds. The molecule has 0 spiro atoms. The predicted molar refractivity (Wildman–Crippen MR) is 79.7 cm³/mol. The van der Waals surface area contributed by atoms with Gasteiger partial charge in [-0.05, 0) is 36.3 Å². The second-order valence-corrected chi connectivity index (χ2v) is 6.83. The summed E-state index contributed by atoms with van der Waals surface area (Å²) in [7, 11) is 1.61. The second-order valence-electron chi connectivity index (χ2n) is 4.29. The summed E-state index contributed by atoms with van der Waals surface area (Å²) in [5.74, 6) is 0.513. The number of halogens is 1. The molecule has 4 nitrogen and oxygen atoms in total. The van der Waals surface area contributed by atoms with Gasteiger partial charge in [0.25, 0.3) is 9.05 Å². The second kappa shape index (κ2) is 5.81. The molecule has 0 aliphatic heterocycles. The van der Waals surface area contributed by atoms with Gasteiger partial charge < -0.3 is 4.74 Å². The van der Waals surface area contributed by atoms with Crippen LogP contribution < -0.4 is 4.74 Å². The van der Waals surface area contributed by atoms with Crippen molar-refractivity contribution in [3.63, 3.8) is 0 Å². The molecule has 1 aromatic carbocycles. The first-order valence-electron chi connectivity index (χ1n) is 6.05. The zero-order valence-corrected chi connectivity index (χ0v) is 12.5. The van der Waals surface area contributed by atoms with E-state index in [0.717, 1.165) is 12.0 Å². The molecule has 1 heterocycles. The maximum Gasteiger partial charge on any atom is 0.261 e. The fraction of sp³-hybridized carbons (Fsp3) is 0.214. The summed E-state index contributed by atoms with van der Waals surface area (Å²) in [6, 6.07) is 6.30. The first-order valence-corrected chi connectivity index (χ1v) is 8.36. The van der Waals surface area contributed by atoms with Crippen LogP contribution in [0.4, 0.5) is 0 Å². The molecule has 0 aliphatic rings. The van der Waals surface area contributed by atoms with E-state index in [1.807, 2.05) is 6.92 Å². The summed E-state index contributed by atoms with van der Waals surface area (Å²) in [5, 5.41) is 0.446. The van der Waals surface area contributed by atoms with Crippen molar-refractivity contribution in [2.24, 2.45) is 0 Å². The quantitative estimate of drug-likeness (QED) is 0.626. The van der Waals surface area contributed by atoms with Crippen LogP contribution in [-0.2, 0) is 9.05 Å². The maximum absolute atomic E-state index is 11.6. The van der Waals surface area contributed by atoms with Crippen LogP contribution in [0.25, 0.3) is 10.9 Å². The highest BCUT2D eigenvalue weighted by atomic mass is 35.7. The van der Waals surface area contributed by atoms with E-state index >= 15 is 0 Å². The number of ether oxygens (including phenoxy) is 1. The molecule has 2 rings (SSSR count). The van der Waals surface area contributed by atoms with Gasteiger partial charge in [0.05, 0.1) is 4.90 Å². The van der Waals surface area contributed by atoms with Gasteiger partial charge in [-0.1, -0.05) is 13.5 Å². The van der Waals surface area contributed by atoms with E-state index in [1.165, 1.54) is 6.07 Å². The van der Waals surface area contributed by atoms with Gasteiger partial charge in [0, 0.05) is 22.3 Å². The molecule has 6 heteroatoms. The minimum atomic E-state index is -3.82. The molecule has 0 N–H and O–H groups in total. The Hall–Kier alpha value is -1.59. The van der Waals surface area contributed by atoms with Crippen molar-refractivity contribution >= 4 is 30.6 Å². The highest BCUT2D eigenvalue weighted by molar-refractivity contribution is 8.14. The number of aromatic nitrogens is 1. The lowest BCUT2D eigenvalue weighted by molar-refractivity contribution is 0.352. The van der Waals surface area contributed by atoms with Gasteiger partial charge in [0.2, 0.25) is 0 Å². The van der Waals surface area contributed by atoms with Crippen LogP contribution in [-0.4, -0.2) is 20.0 Å². The van der Waals surface area contributed by atoms with Crippen molar-refractivity contribution in [3.8, 4) is 5.75 Å². The van der Waals surface area contributed by atoms with Gasteiger partial charge in [0.1, 0.15) is 17.9 Å². The molecule has 0 unspecified atom stereocenters. The van der Waals surface area contributed by atoms with Crippen LogP contribution >= 0.6 is 10.7 Å². The van der Waals surface area contributed by atoms with E-state index in [4.69, 9.17) is 15.4 Å². The van der Waals surface area contributed by atoms with Crippen molar-refractivity contribution in [2.45, 2.75) is 18.2 Å². The maximum atomic E-state index is 11.6. The lowest BCUT2D eigenvalue weighted by atomic mass is 10.2. The zero-order valence-electron chi connectivity index (χ0n) is 11.0. The Balaban J connectivity index is 2.52. The molecular weight excluding hydrogens is 298 g/mol. The molecule has 0 saturated carbocycles. The van der Waals surface area contributed by atoms with Crippen molar-refractivity contribution in [1.29, 1.82) is 0 Å². The van der Waals surface area contributed by atoms with Crippen LogP contribution in [0.3, 0.4) is 0 Å². The minimum absolute atomic E-state index is 0.0314. The van der Waals surface area contributed by atoms with E-state index in [0.29, 0.717) is 23.3 Å². The topological polar surface area (TPSA) is 56.3 Å². The van der Waals surface area contributed by atoms with Gasteiger partial charge in [-0.15, -0.1) is 0 Å². The zero-order chi connectivity index (χ0) is 14.8. The van der Waals surface area contributed by atoms with Crippen LogP contribution in [0.2, 0.25) is 0 Å². The van der Waals surface area contributed by atoms with Gasteiger partial charge in [-0.25, -0.2) is 8.42 Å².